The van der Waals surface area contributed by atoms with Gasteiger partial charge in [0, 0.05) is 0 Å². The summed E-state index contributed by atoms with van der Waals surface area (Å²) in [6.45, 7) is 9.27. The molecule has 1 aromatic rings. The van der Waals surface area contributed by atoms with Crippen molar-refractivity contribution in [3.05, 3.63) is 34.9 Å². The predicted molar refractivity (Wildman–Crippen MR) is 69.8 cm³/mol. The summed E-state index contributed by atoms with van der Waals surface area (Å²) in [4.78, 5) is 0. The van der Waals surface area contributed by atoms with Crippen molar-refractivity contribution in [1.29, 1.82) is 0 Å². The lowest BCUT2D eigenvalue weighted by Gasteiger charge is -2.30. The topological polar surface area (TPSA) is 12.0 Å². The molecule has 0 bridgehead atoms. The maximum absolute atomic E-state index is 3.52. The molecule has 1 saturated heterocycles. The SMILES string of the molecule is Cc1cccc(C)c1CC1CNCCC1C. The smallest absolute Gasteiger partial charge is 0.00148 e. The fraction of sp³-hybridized carbons (Fsp3) is 0.600. The first-order chi connectivity index (χ1) is 7.68. The van der Waals surface area contributed by atoms with E-state index in [1.54, 1.807) is 5.56 Å². The van der Waals surface area contributed by atoms with Crippen LogP contribution in [-0.4, -0.2) is 13.1 Å². The van der Waals surface area contributed by atoms with E-state index in [0.29, 0.717) is 0 Å². The van der Waals surface area contributed by atoms with Gasteiger partial charge in [0.1, 0.15) is 0 Å². The molecule has 1 aliphatic rings. The first-order valence-electron chi connectivity index (χ1n) is 6.44. The minimum atomic E-state index is 0.813. The van der Waals surface area contributed by atoms with Gasteiger partial charge in [0.05, 0.1) is 0 Å². The third kappa shape index (κ3) is 2.46. The van der Waals surface area contributed by atoms with Crippen LogP contribution in [0, 0.1) is 25.7 Å². The lowest BCUT2D eigenvalue weighted by atomic mass is 9.82. The molecule has 2 unspecified atom stereocenters. The highest BCUT2D eigenvalue weighted by atomic mass is 14.9. The Morgan fingerprint density at radius 3 is 2.56 bits per heavy atom. The van der Waals surface area contributed by atoms with Crippen molar-refractivity contribution < 1.29 is 0 Å². The normalized spacial score (nSPS) is 25.7. The summed E-state index contributed by atoms with van der Waals surface area (Å²) < 4.78 is 0. The second-order valence-corrected chi connectivity index (χ2v) is 5.30. The molecule has 0 radical (unpaired) electrons. The molecule has 16 heavy (non-hydrogen) atoms. The Labute approximate surface area is 99.3 Å². The van der Waals surface area contributed by atoms with Gasteiger partial charge in [0.2, 0.25) is 0 Å². The number of rotatable bonds is 2. The van der Waals surface area contributed by atoms with Crippen LogP contribution in [0.1, 0.15) is 30.0 Å². The molecule has 1 aromatic carbocycles. The fourth-order valence-electron chi connectivity index (χ4n) is 2.76. The van der Waals surface area contributed by atoms with Crippen LogP contribution in [0.15, 0.2) is 18.2 Å². The molecule has 1 nitrogen and oxygen atoms in total. The summed E-state index contributed by atoms with van der Waals surface area (Å²) in [7, 11) is 0. The highest BCUT2D eigenvalue weighted by molar-refractivity contribution is 5.33. The lowest BCUT2D eigenvalue weighted by molar-refractivity contribution is 0.272. The molecule has 0 aromatic heterocycles. The summed E-state index contributed by atoms with van der Waals surface area (Å²) in [5.74, 6) is 1.67. The number of nitrogens with one attached hydrogen (secondary N) is 1. The van der Waals surface area contributed by atoms with Crippen LogP contribution in [0.3, 0.4) is 0 Å². The van der Waals surface area contributed by atoms with Crippen LogP contribution in [0.2, 0.25) is 0 Å². The Hall–Kier alpha value is -0.820. The van der Waals surface area contributed by atoms with Crippen LogP contribution < -0.4 is 5.32 Å². The summed E-state index contributed by atoms with van der Waals surface area (Å²) in [5.41, 5.74) is 4.48. The third-order valence-corrected chi connectivity index (χ3v) is 4.10. The number of aryl methyl sites for hydroxylation is 2. The van der Waals surface area contributed by atoms with Crippen LogP contribution in [0.4, 0.5) is 0 Å². The fourth-order valence-corrected chi connectivity index (χ4v) is 2.76. The van der Waals surface area contributed by atoms with E-state index >= 15 is 0 Å². The molecule has 1 aliphatic heterocycles. The molecular formula is C15H23N. The summed E-state index contributed by atoms with van der Waals surface area (Å²) in [5, 5.41) is 3.52. The second kappa shape index (κ2) is 5.01. The van der Waals surface area contributed by atoms with Gasteiger partial charge in [-0.25, -0.2) is 0 Å². The number of benzene rings is 1. The zero-order valence-electron chi connectivity index (χ0n) is 10.7. The van der Waals surface area contributed by atoms with E-state index in [0.717, 1.165) is 11.8 Å². The molecule has 0 spiro atoms. The van der Waals surface area contributed by atoms with Gasteiger partial charge in [0.25, 0.3) is 0 Å². The minimum absolute atomic E-state index is 0.813. The molecule has 2 atom stereocenters. The van der Waals surface area contributed by atoms with Gasteiger partial charge >= 0.3 is 0 Å². The molecule has 1 N–H and O–H groups in total. The molecule has 1 heterocycles. The molecule has 2 rings (SSSR count). The molecule has 0 aliphatic carbocycles. The van der Waals surface area contributed by atoms with Crippen molar-refractivity contribution in [3.8, 4) is 0 Å². The maximum Gasteiger partial charge on any atom is -0.00148 e. The van der Waals surface area contributed by atoms with E-state index in [9.17, 15) is 0 Å². The van der Waals surface area contributed by atoms with E-state index in [2.05, 4.69) is 44.3 Å². The average Bonchev–Trinajstić information content (AvgIpc) is 2.26. The highest BCUT2D eigenvalue weighted by Crippen LogP contribution is 2.25. The summed E-state index contributed by atoms with van der Waals surface area (Å²) in [6, 6.07) is 6.64. The Balaban J connectivity index is 2.13. The first kappa shape index (κ1) is 11.7. The first-order valence-corrected chi connectivity index (χ1v) is 6.44. The second-order valence-electron chi connectivity index (χ2n) is 5.30. The van der Waals surface area contributed by atoms with Gasteiger partial charge in [-0.2, -0.15) is 0 Å². The number of hydrogen-bond donors (Lipinski definition) is 1. The summed E-state index contributed by atoms with van der Waals surface area (Å²) >= 11 is 0. The zero-order chi connectivity index (χ0) is 11.5. The van der Waals surface area contributed by atoms with Gasteiger partial charge in [-0.15, -0.1) is 0 Å². The van der Waals surface area contributed by atoms with E-state index in [4.69, 9.17) is 0 Å². The lowest BCUT2D eigenvalue weighted by Crippen LogP contribution is -2.36. The van der Waals surface area contributed by atoms with Crippen LogP contribution in [0.25, 0.3) is 0 Å². The zero-order valence-corrected chi connectivity index (χ0v) is 10.7. The van der Waals surface area contributed by atoms with Gasteiger partial charge in [-0.3, -0.25) is 0 Å². The number of hydrogen-bond acceptors (Lipinski definition) is 1. The standard InChI is InChI=1S/C15H23N/c1-11-7-8-16-10-14(11)9-15-12(2)5-4-6-13(15)3/h4-6,11,14,16H,7-10H2,1-3H3. The Bertz CT molecular complexity index is 336. The number of piperidine rings is 1. The van der Waals surface area contributed by atoms with Crippen molar-refractivity contribution in [2.75, 3.05) is 13.1 Å². The Morgan fingerprint density at radius 2 is 1.94 bits per heavy atom. The predicted octanol–water partition coefficient (Wildman–Crippen LogP) is 3.09. The van der Waals surface area contributed by atoms with Gasteiger partial charge in [0.15, 0.2) is 0 Å². The molecule has 1 fully saturated rings. The Kier molecular flexibility index (Phi) is 3.65. The molecular weight excluding hydrogens is 194 g/mol. The highest BCUT2D eigenvalue weighted by Gasteiger charge is 2.22. The van der Waals surface area contributed by atoms with Crippen molar-refractivity contribution in [2.45, 2.75) is 33.6 Å². The van der Waals surface area contributed by atoms with Gasteiger partial charge in [-0.1, -0.05) is 25.1 Å². The molecule has 0 saturated carbocycles. The quantitative estimate of drug-likeness (QED) is 0.802. The minimum Gasteiger partial charge on any atom is -0.316 e. The largest absolute Gasteiger partial charge is 0.316 e. The third-order valence-electron chi connectivity index (χ3n) is 4.10. The van der Waals surface area contributed by atoms with Gasteiger partial charge in [-0.05, 0) is 68.3 Å². The van der Waals surface area contributed by atoms with E-state index < -0.39 is 0 Å². The van der Waals surface area contributed by atoms with Crippen LogP contribution in [-0.2, 0) is 6.42 Å². The van der Waals surface area contributed by atoms with Crippen molar-refractivity contribution in [3.63, 3.8) is 0 Å². The van der Waals surface area contributed by atoms with Crippen molar-refractivity contribution in [1.82, 2.24) is 5.32 Å². The Morgan fingerprint density at radius 1 is 1.25 bits per heavy atom. The van der Waals surface area contributed by atoms with Crippen molar-refractivity contribution >= 4 is 0 Å². The monoisotopic (exact) mass is 217 g/mol. The van der Waals surface area contributed by atoms with Gasteiger partial charge < -0.3 is 5.32 Å². The summed E-state index contributed by atoms with van der Waals surface area (Å²) in [6.07, 6.45) is 2.57. The average molecular weight is 217 g/mol. The van der Waals surface area contributed by atoms with E-state index in [1.807, 2.05) is 0 Å². The maximum atomic E-state index is 3.52. The van der Waals surface area contributed by atoms with E-state index in [1.165, 1.54) is 37.1 Å². The molecule has 0 amide bonds. The van der Waals surface area contributed by atoms with Crippen molar-refractivity contribution in [2.24, 2.45) is 11.8 Å². The molecule has 1 heteroatoms. The van der Waals surface area contributed by atoms with Crippen LogP contribution >= 0.6 is 0 Å². The van der Waals surface area contributed by atoms with E-state index in [-0.39, 0.29) is 0 Å². The molecule has 88 valence electrons. The van der Waals surface area contributed by atoms with Crippen LogP contribution in [0.5, 0.6) is 0 Å².